The summed E-state index contributed by atoms with van der Waals surface area (Å²) in [5.74, 6) is 2.16. The highest BCUT2D eigenvalue weighted by Crippen LogP contribution is 2.28. The minimum atomic E-state index is 0.101. The largest absolute Gasteiger partial charge is 0.490 e. The summed E-state index contributed by atoms with van der Waals surface area (Å²) in [6.07, 6.45) is 3.53. The van der Waals surface area contributed by atoms with Crippen molar-refractivity contribution in [2.75, 3.05) is 12.0 Å². The summed E-state index contributed by atoms with van der Waals surface area (Å²) >= 11 is 0. The lowest BCUT2D eigenvalue weighted by molar-refractivity contribution is 0.224. The summed E-state index contributed by atoms with van der Waals surface area (Å²) in [5.41, 5.74) is 3.80. The lowest BCUT2D eigenvalue weighted by Crippen LogP contribution is -2.07. The fourth-order valence-electron chi connectivity index (χ4n) is 1.83. The normalized spacial score (nSPS) is 10.9. The van der Waals surface area contributed by atoms with E-state index in [2.05, 4.69) is 15.5 Å². The number of anilines is 1. The Hall–Kier alpha value is -2.56. The Bertz CT molecular complexity index is 613. The smallest absolute Gasteiger partial charge is 0.161 e. The standard InChI is InChI=1S/C17H21N3O2/c1-4-21-16-11-14(8-9-15(16)22-13(2)3)12-19-20-17-7-5-6-10-18-17/h5-13H,4H2,1-3H3,(H,18,20)/b19-12+. The number of hydrogen-bond acceptors (Lipinski definition) is 5. The van der Waals surface area contributed by atoms with Gasteiger partial charge in [0.15, 0.2) is 11.5 Å². The summed E-state index contributed by atoms with van der Waals surface area (Å²) in [4.78, 5) is 4.13. The second-order valence-corrected chi connectivity index (χ2v) is 4.89. The van der Waals surface area contributed by atoms with Crippen LogP contribution in [-0.2, 0) is 0 Å². The van der Waals surface area contributed by atoms with E-state index in [1.165, 1.54) is 0 Å². The van der Waals surface area contributed by atoms with Crippen LogP contribution in [-0.4, -0.2) is 23.9 Å². The van der Waals surface area contributed by atoms with E-state index in [1.807, 2.05) is 57.2 Å². The van der Waals surface area contributed by atoms with Crippen LogP contribution in [0.3, 0.4) is 0 Å². The molecule has 0 fully saturated rings. The average molecular weight is 299 g/mol. The highest BCUT2D eigenvalue weighted by atomic mass is 16.5. The van der Waals surface area contributed by atoms with Gasteiger partial charge in [-0.1, -0.05) is 6.07 Å². The monoisotopic (exact) mass is 299 g/mol. The van der Waals surface area contributed by atoms with Gasteiger partial charge < -0.3 is 9.47 Å². The fraction of sp³-hybridized carbons (Fsp3) is 0.294. The molecule has 0 bridgehead atoms. The van der Waals surface area contributed by atoms with Crippen LogP contribution >= 0.6 is 0 Å². The molecule has 0 aliphatic heterocycles. The molecular weight excluding hydrogens is 278 g/mol. The van der Waals surface area contributed by atoms with Crippen molar-refractivity contribution in [1.82, 2.24) is 4.98 Å². The van der Waals surface area contributed by atoms with E-state index < -0.39 is 0 Å². The Balaban J connectivity index is 2.09. The van der Waals surface area contributed by atoms with Crippen LogP contribution in [0.5, 0.6) is 11.5 Å². The van der Waals surface area contributed by atoms with E-state index in [4.69, 9.17) is 9.47 Å². The summed E-state index contributed by atoms with van der Waals surface area (Å²) in [5, 5.41) is 4.17. The maximum absolute atomic E-state index is 5.73. The zero-order valence-electron chi connectivity index (χ0n) is 13.1. The van der Waals surface area contributed by atoms with Crippen LogP contribution < -0.4 is 14.9 Å². The van der Waals surface area contributed by atoms with E-state index in [1.54, 1.807) is 12.4 Å². The third-order valence-electron chi connectivity index (χ3n) is 2.69. The first kappa shape index (κ1) is 15.8. The lowest BCUT2D eigenvalue weighted by Gasteiger charge is -2.14. The molecule has 1 aromatic heterocycles. The number of aromatic nitrogens is 1. The van der Waals surface area contributed by atoms with Crippen molar-refractivity contribution in [3.05, 3.63) is 48.2 Å². The minimum Gasteiger partial charge on any atom is -0.490 e. The first-order valence-electron chi connectivity index (χ1n) is 7.32. The minimum absolute atomic E-state index is 0.101. The number of benzene rings is 1. The van der Waals surface area contributed by atoms with Crippen LogP contribution in [0.25, 0.3) is 0 Å². The third-order valence-corrected chi connectivity index (χ3v) is 2.69. The molecule has 1 aromatic carbocycles. The van der Waals surface area contributed by atoms with Crippen molar-refractivity contribution < 1.29 is 9.47 Å². The molecular formula is C17H21N3O2. The SMILES string of the molecule is CCOc1cc(/C=N/Nc2ccccn2)ccc1OC(C)C. The summed E-state index contributed by atoms with van der Waals surface area (Å²) in [6.45, 7) is 6.51. The molecule has 0 amide bonds. The van der Waals surface area contributed by atoms with Crippen molar-refractivity contribution in [2.24, 2.45) is 5.10 Å². The predicted molar refractivity (Wildman–Crippen MR) is 88.8 cm³/mol. The summed E-state index contributed by atoms with van der Waals surface area (Å²) < 4.78 is 11.4. The molecule has 0 aliphatic carbocycles. The van der Waals surface area contributed by atoms with Gasteiger partial charge in [-0.3, -0.25) is 5.43 Å². The number of pyridine rings is 1. The summed E-state index contributed by atoms with van der Waals surface area (Å²) in [7, 11) is 0. The van der Waals surface area contributed by atoms with Crippen LogP contribution in [0.2, 0.25) is 0 Å². The van der Waals surface area contributed by atoms with Crippen LogP contribution in [0.15, 0.2) is 47.7 Å². The zero-order valence-corrected chi connectivity index (χ0v) is 13.1. The second-order valence-electron chi connectivity index (χ2n) is 4.89. The molecule has 5 heteroatoms. The van der Waals surface area contributed by atoms with E-state index in [-0.39, 0.29) is 6.10 Å². The van der Waals surface area contributed by atoms with Crippen LogP contribution in [0, 0.1) is 0 Å². The fourth-order valence-corrected chi connectivity index (χ4v) is 1.83. The molecule has 2 rings (SSSR count). The zero-order chi connectivity index (χ0) is 15.8. The highest BCUT2D eigenvalue weighted by Gasteiger charge is 2.07. The van der Waals surface area contributed by atoms with Crippen molar-refractivity contribution in [3.63, 3.8) is 0 Å². The first-order chi connectivity index (χ1) is 10.7. The molecule has 1 N–H and O–H groups in total. The number of nitrogens with one attached hydrogen (secondary N) is 1. The molecule has 5 nitrogen and oxygen atoms in total. The Morgan fingerprint density at radius 3 is 2.77 bits per heavy atom. The predicted octanol–water partition coefficient (Wildman–Crippen LogP) is 3.71. The number of hydrazone groups is 1. The average Bonchev–Trinajstić information content (AvgIpc) is 2.51. The number of hydrogen-bond donors (Lipinski definition) is 1. The van der Waals surface area contributed by atoms with Gasteiger partial charge in [0.05, 0.1) is 18.9 Å². The Kier molecular flexibility index (Phi) is 5.77. The van der Waals surface area contributed by atoms with Gasteiger partial charge in [0.1, 0.15) is 5.82 Å². The third kappa shape index (κ3) is 4.77. The van der Waals surface area contributed by atoms with Crippen LogP contribution in [0.4, 0.5) is 5.82 Å². The van der Waals surface area contributed by atoms with Crippen LogP contribution in [0.1, 0.15) is 26.3 Å². The van der Waals surface area contributed by atoms with Gasteiger partial charge in [-0.2, -0.15) is 5.10 Å². The Labute approximate surface area is 131 Å². The quantitative estimate of drug-likeness (QED) is 0.625. The molecule has 0 saturated heterocycles. The Morgan fingerprint density at radius 1 is 1.23 bits per heavy atom. The van der Waals surface area contributed by atoms with Crippen molar-refractivity contribution >= 4 is 12.0 Å². The van der Waals surface area contributed by atoms with E-state index in [0.717, 1.165) is 17.1 Å². The van der Waals surface area contributed by atoms with Gasteiger partial charge in [-0.05, 0) is 56.7 Å². The topological polar surface area (TPSA) is 55.7 Å². The van der Waals surface area contributed by atoms with Crippen molar-refractivity contribution in [2.45, 2.75) is 26.9 Å². The highest BCUT2D eigenvalue weighted by molar-refractivity contribution is 5.81. The van der Waals surface area contributed by atoms with Gasteiger partial charge >= 0.3 is 0 Å². The number of nitrogens with zero attached hydrogens (tertiary/aromatic N) is 2. The molecule has 22 heavy (non-hydrogen) atoms. The number of ether oxygens (including phenoxy) is 2. The second kappa shape index (κ2) is 8.02. The molecule has 0 saturated carbocycles. The van der Waals surface area contributed by atoms with E-state index >= 15 is 0 Å². The molecule has 0 unspecified atom stereocenters. The molecule has 0 radical (unpaired) electrons. The molecule has 2 aromatic rings. The molecule has 116 valence electrons. The van der Waals surface area contributed by atoms with E-state index in [0.29, 0.717) is 12.4 Å². The van der Waals surface area contributed by atoms with Gasteiger partial charge in [-0.25, -0.2) is 4.98 Å². The molecule has 0 aliphatic rings. The van der Waals surface area contributed by atoms with Crippen molar-refractivity contribution in [1.29, 1.82) is 0 Å². The van der Waals surface area contributed by atoms with Gasteiger partial charge in [0.2, 0.25) is 0 Å². The summed E-state index contributed by atoms with van der Waals surface area (Å²) in [6, 6.07) is 11.3. The van der Waals surface area contributed by atoms with Crippen molar-refractivity contribution in [3.8, 4) is 11.5 Å². The molecule has 0 atom stereocenters. The van der Waals surface area contributed by atoms with Gasteiger partial charge in [-0.15, -0.1) is 0 Å². The maximum atomic E-state index is 5.73. The lowest BCUT2D eigenvalue weighted by atomic mass is 10.2. The first-order valence-corrected chi connectivity index (χ1v) is 7.32. The van der Waals surface area contributed by atoms with Gasteiger partial charge in [0, 0.05) is 6.20 Å². The molecule has 1 heterocycles. The molecule has 0 spiro atoms. The Morgan fingerprint density at radius 2 is 2.09 bits per heavy atom. The van der Waals surface area contributed by atoms with E-state index in [9.17, 15) is 0 Å². The maximum Gasteiger partial charge on any atom is 0.161 e. The van der Waals surface area contributed by atoms with Gasteiger partial charge in [0.25, 0.3) is 0 Å². The number of rotatable bonds is 7.